The van der Waals surface area contributed by atoms with Crippen LogP contribution in [0.5, 0.6) is 0 Å². The molecule has 0 spiro atoms. The second-order valence-electron chi connectivity index (χ2n) is 9.23. The normalized spacial score (nSPS) is 13.7. The number of halogens is 6. The van der Waals surface area contributed by atoms with Gasteiger partial charge in [0, 0.05) is 18.9 Å². The zero-order valence-electron chi connectivity index (χ0n) is 22.4. The third-order valence-electron chi connectivity index (χ3n) is 5.70. The molecule has 0 aliphatic carbocycles. The smallest absolute Gasteiger partial charge is 0.385 e. The molecule has 0 saturated heterocycles. The quantitative estimate of drug-likeness (QED) is 0.140. The Morgan fingerprint density at radius 2 is 1.13 bits per heavy atom. The highest BCUT2D eigenvalue weighted by atomic mass is 32.3. The Balaban J connectivity index is 0.000000830. The zero-order chi connectivity index (χ0) is 30.2. The van der Waals surface area contributed by atoms with Gasteiger partial charge >= 0.3 is 31.1 Å². The van der Waals surface area contributed by atoms with Crippen LogP contribution >= 0.6 is 0 Å². The summed E-state index contributed by atoms with van der Waals surface area (Å²) in [6.45, 7) is 5.05. The number of imidazole rings is 1. The number of sulfonamides is 2. The van der Waals surface area contributed by atoms with Crippen molar-refractivity contribution in [1.82, 2.24) is 13.7 Å². The van der Waals surface area contributed by atoms with Crippen molar-refractivity contribution in [2.75, 3.05) is 0 Å². The molecule has 0 aliphatic heterocycles. The topological polar surface area (TPSA) is 118 Å². The number of aromatic nitrogens is 2. The van der Waals surface area contributed by atoms with Gasteiger partial charge in [-0.3, -0.25) is 0 Å². The van der Waals surface area contributed by atoms with E-state index in [0.717, 1.165) is 12.4 Å². The Hall–Kier alpha value is -1.39. The van der Waals surface area contributed by atoms with Gasteiger partial charge in [-0.25, -0.2) is 21.8 Å². The molecule has 8 nitrogen and oxygen atoms in total. The third kappa shape index (κ3) is 15.8. The molecule has 16 heteroatoms. The van der Waals surface area contributed by atoms with Gasteiger partial charge in [0.25, 0.3) is 0 Å². The molecular formula is C23H41F6N3O5S2. The van der Waals surface area contributed by atoms with Crippen LogP contribution in [0.2, 0.25) is 0 Å². The van der Waals surface area contributed by atoms with Gasteiger partial charge in [-0.05, 0) is 13.3 Å². The molecule has 1 unspecified atom stereocenters. The average molecular weight is 618 g/mol. The Bertz CT molecular complexity index is 953. The van der Waals surface area contributed by atoms with Crippen molar-refractivity contribution in [3.05, 3.63) is 18.2 Å². The van der Waals surface area contributed by atoms with Crippen LogP contribution in [0.4, 0.5) is 26.3 Å². The number of nitrogens with zero attached hydrogens (tertiary/aromatic N) is 2. The molecule has 232 valence electrons. The van der Waals surface area contributed by atoms with Crippen LogP contribution < -0.4 is 4.13 Å². The lowest BCUT2D eigenvalue weighted by atomic mass is 10.0. The van der Waals surface area contributed by atoms with Gasteiger partial charge in [0.05, 0.1) is 0 Å². The molecule has 0 radical (unpaired) electrons. The summed E-state index contributed by atoms with van der Waals surface area (Å²) < 4.78 is 110. The first kappa shape index (κ1) is 37.6. The number of aliphatic hydroxyl groups excluding tert-OH is 1. The predicted octanol–water partition coefficient (Wildman–Crippen LogP) is 6.69. The van der Waals surface area contributed by atoms with Gasteiger partial charge in [0.15, 0.2) is 0 Å². The summed E-state index contributed by atoms with van der Waals surface area (Å²) in [7, 11) is -13.2. The Labute approximate surface area is 227 Å². The summed E-state index contributed by atoms with van der Waals surface area (Å²) >= 11 is 0. The molecule has 0 aliphatic rings. The maximum atomic E-state index is 11.5. The van der Waals surface area contributed by atoms with E-state index in [-0.39, 0.29) is 0 Å². The number of hydrogen-bond acceptors (Lipinski definition) is 6. The minimum Gasteiger partial charge on any atom is -0.385 e. The molecule has 39 heavy (non-hydrogen) atoms. The number of aryl methyl sites for hydroxylation is 1. The van der Waals surface area contributed by atoms with E-state index in [0.29, 0.717) is 0 Å². The van der Waals surface area contributed by atoms with E-state index in [1.165, 1.54) is 89.9 Å². The van der Waals surface area contributed by atoms with Gasteiger partial charge in [-0.2, -0.15) is 26.3 Å². The van der Waals surface area contributed by atoms with Gasteiger partial charge in [-0.15, -0.1) is 0 Å². The first-order chi connectivity index (χ1) is 18.0. The van der Waals surface area contributed by atoms with Gasteiger partial charge in [0.2, 0.25) is 0 Å². The van der Waals surface area contributed by atoms with Crippen molar-refractivity contribution in [3.8, 4) is 0 Å². The van der Waals surface area contributed by atoms with Gasteiger partial charge < -0.3 is 9.67 Å². The van der Waals surface area contributed by atoms with Crippen LogP contribution in [0.3, 0.4) is 0 Å². The molecule has 0 aromatic carbocycles. The van der Waals surface area contributed by atoms with E-state index in [9.17, 15) is 48.3 Å². The van der Waals surface area contributed by atoms with E-state index < -0.39 is 41.3 Å². The highest BCUT2D eigenvalue weighted by molar-refractivity contribution is 8.05. The van der Waals surface area contributed by atoms with Crippen LogP contribution in [-0.2, 0) is 26.6 Å². The van der Waals surface area contributed by atoms with Crippen LogP contribution in [0.25, 0.3) is 0 Å². The molecule has 1 aromatic rings. The number of nitrogens with one attached hydrogen (secondary N) is 1. The Morgan fingerprint density at radius 1 is 0.769 bits per heavy atom. The minimum absolute atomic E-state index is 0.466. The highest BCUT2D eigenvalue weighted by Crippen LogP contribution is 2.27. The van der Waals surface area contributed by atoms with Crippen molar-refractivity contribution in [2.45, 2.75) is 127 Å². The SMILES string of the molecule is CCCCCCCCCCCCCCCCn1ccnc1C(C)O.O=S(=O)(NS(=O)(=O)C(F)(F)F)C(F)(F)F. The first-order valence-corrected chi connectivity index (χ1v) is 16.0. The second kappa shape index (κ2) is 18.1. The van der Waals surface area contributed by atoms with E-state index in [2.05, 4.69) is 16.5 Å². The second-order valence-corrected chi connectivity index (χ2v) is 12.8. The molecule has 0 amide bonds. The van der Waals surface area contributed by atoms with Crippen molar-refractivity contribution < 1.29 is 48.3 Å². The van der Waals surface area contributed by atoms with E-state index in [1.807, 2.05) is 6.20 Å². The summed E-state index contributed by atoms with van der Waals surface area (Å²) in [5.41, 5.74) is -12.3. The lowest BCUT2D eigenvalue weighted by molar-refractivity contribution is -0.0476. The number of aliphatic hydroxyl groups is 1. The standard InChI is InChI=1S/C21H40N2O.C2HF6NO4S2/c1-3-4-5-6-7-8-9-10-11-12-13-14-15-16-18-23-19-17-22-21(23)20(2)24;3-1(4,5)14(10,11)9-15(12,13)2(6,7)8/h17,19-20,24H,3-16,18H2,1-2H3;9H. The monoisotopic (exact) mass is 617 g/mol. The van der Waals surface area contributed by atoms with Crippen LogP contribution in [0.15, 0.2) is 12.4 Å². The number of hydrogen-bond donors (Lipinski definition) is 2. The number of unbranched alkanes of at least 4 members (excludes halogenated alkanes) is 13. The summed E-state index contributed by atoms with van der Waals surface area (Å²) in [5, 5.41) is 9.63. The summed E-state index contributed by atoms with van der Waals surface area (Å²) in [4.78, 5) is 4.21. The Morgan fingerprint density at radius 3 is 1.46 bits per heavy atom. The zero-order valence-corrected chi connectivity index (χ0v) is 24.0. The summed E-state index contributed by atoms with van der Waals surface area (Å²) in [6, 6.07) is 0. The van der Waals surface area contributed by atoms with E-state index >= 15 is 0 Å². The molecule has 0 saturated carbocycles. The first-order valence-electron chi connectivity index (χ1n) is 13.1. The van der Waals surface area contributed by atoms with Crippen LogP contribution in [0, 0.1) is 0 Å². The van der Waals surface area contributed by atoms with Gasteiger partial charge in [0.1, 0.15) is 11.9 Å². The fourth-order valence-corrected chi connectivity index (χ4v) is 5.50. The molecule has 0 fully saturated rings. The molecule has 0 bridgehead atoms. The third-order valence-corrected chi connectivity index (χ3v) is 8.68. The van der Waals surface area contributed by atoms with E-state index in [1.54, 1.807) is 13.1 Å². The molecule has 1 rings (SSSR count). The molecule has 1 atom stereocenters. The largest absolute Gasteiger partial charge is 0.512 e. The summed E-state index contributed by atoms with van der Waals surface area (Å²) in [5.74, 6) is 0.796. The molecule has 1 aromatic heterocycles. The van der Waals surface area contributed by atoms with Crippen molar-refractivity contribution in [1.29, 1.82) is 0 Å². The van der Waals surface area contributed by atoms with Crippen molar-refractivity contribution in [2.24, 2.45) is 0 Å². The van der Waals surface area contributed by atoms with Crippen molar-refractivity contribution >= 4 is 20.0 Å². The maximum absolute atomic E-state index is 11.5. The van der Waals surface area contributed by atoms with Crippen molar-refractivity contribution in [3.63, 3.8) is 0 Å². The summed E-state index contributed by atoms with van der Waals surface area (Å²) in [6.07, 6.45) is 22.7. The highest BCUT2D eigenvalue weighted by Gasteiger charge is 2.55. The number of rotatable bonds is 18. The average Bonchev–Trinajstić information content (AvgIpc) is 3.26. The molecule has 1 heterocycles. The van der Waals surface area contributed by atoms with E-state index in [4.69, 9.17) is 0 Å². The molecular weight excluding hydrogens is 576 g/mol. The fourth-order valence-electron chi connectivity index (χ4n) is 3.59. The van der Waals surface area contributed by atoms with Crippen LogP contribution in [0.1, 0.15) is 116 Å². The van der Waals surface area contributed by atoms with Crippen LogP contribution in [-0.4, -0.2) is 42.5 Å². The fraction of sp³-hybridized carbons (Fsp3) is 0.870. The minimum atomic E-state index is -6.60. The lowest BCUT2D eigenvalue weighted by Gasteiger charge is -2.11. The molecule has 2 N–H and O–H groups in total. The predicted molar refractivity (Wildman–Crippen MR) is 136 cm³/mol. The Kier molecular flexibility index (Phi) is 17.5. The van der Waals surface area contributed by atoms with Gasteiger partial charge in [-0.1, -0.05) is 94.5 Å². The lowest BCUT2D eigenvalue weighted by Crippen LogP contribution is -2.45. The maximum Gasteiger partial charge on any atom is 0.512 e. The number of alkyl halides is 6.